The summed E-state index contributed by atoms with van der Waals surface area (Å²) in [7, 11) is 0. The van der Waals surface area contributed by atoms with Gasteiger partial charge in [-0.25, -0.2) is 9.37 Å². The third-order valence-corrected chi connectivity index (χ3v) is 5.05. The first-order chi connectivity index (χ1) is 15.4. The fourth-order valence-electron chi connectivity index (χ4n) is 2.96. The highest BCUT2D eigenvalue weighted by molar-refractivity contribution is 7.80. The number of fused-ring (bicyclic) bond motifs is 1. The molecule has 1 unspecified atom stereocenters. The Balaban J connectivity index is 1.71. The van der Waals surface area contributed by atoms with Gasteiger partial charge < -0.3 is 19.3 Å². The van der Waals surface area contributed by atoms with Crippen LogP contribution in [0.5, 0.6) is 11.6 Å². The summed E-state index contributed by atoms with van der Waals surface area (Å²) in [6.07, 6.45) is 0. The van der Waals surface area contributed by atoms with Gasteiger partial charge in [0.15, 0.2) is 0 Å². The lowest BCUT2D eigenvalue weighted by Crippen LogP contribution is -2.14. The molecule has 0 radical (unpaired) electrons. The Labute approximate surface area is 189 Å². The van der Waals surface area contributed by atoms with E-state index in [9.17, 15) is 17.9 Å². The smallest absolute Gasteiger partial charge is 0.261 e. The van der Waals surface area contributed by atoms with Crippen molar-refractivity contribution in [3.8, 4) is 11.6 Å². The van der Waals surface area contributed by atoms with E-state index in [-0.39, 0.29) is 27.9 Å². The lowest BCUT2D eigenvalue weighted by Gasteiger charge is -2.14. The normalized spacial score (nSPS) is 11.7. The highest BCUT2D eigenvalue weighted by atomic mass is 35.5. The zero-order valence-electron chi connectivity index (χ0n) is 16.2. The van der Waals surface area contributed by atoms with Crippen LogP contribution < -0.4 is 14.8 Å². The Bertz CT molecular complexity index is 1350. The number of benzene rings is 3. The number of hydrogen-bond donors (Lipinski definition) is 2. The quantitative estimate of drug-likeness (QED) is 0.373. The molecule has 1 atom stereocenters. The molecule has 4 aromatic rings. The van der Waals surface area contributed by atoms with Crippen molar-refractivity contribution < 1.29 is 22.7 Å². The van der Waals surface area contributed by atoms with Crippen LogP contribution in [0.2, 0.25) is 5.02 Å². The summed E-state index contributed by atoms with van der Waals surface area (Å²) in [6, 6.07) is 18.6. The van der Waals surface area contributed by atoms with Gasteiger partial charge in [-0.05, 0) is 48.5 Å². The lowest BCUT2D eigenvalue weighted by molar-refractivity contribution is 0.102. The van der Waals surface area contributed by atoms with Crippen LogP contribution in [0.4, 0.5) is 15.8 Å². The Morgan fingerprint density at radius 3 is 2.59 bits per heavy atom. The predicted molar refractivity (Wildman–Crippen MR) is 120 cm³/mol. The van der Waals surface area contributed by atoms with Gasteiger partial charge in [-0.2, -0.15) is 0 Å². The van der Waals surface area contributed by atoms with Crippen LogP contribution in [0.1, 0.15) is 10.4 Å². The van der Waals surface area contributed by atoms with E-state index in [1.165, 1.54) is 24.3 Å². The summed E-state index contributed by atoms with van der Waals surface area (Å²) in [5.41, 5.74) is 1.32. The number of aromatic nitrogens is 1. The zero-order valence-corrected chi connectivity index (χ0v) is 17.7. The molecule has 0 fully saturated rings. The van der Waals surface area contributed by atoms with Gasteiger partial charge in [-0.1, -0.05) is 35.9 Å². The minimum absolute atomic E-state index is 0.0235. The monoisotopic (exact) mass is 470 g/mol. The third kappa shape index (κ3) is 5.02. The van der Waals surface area contributed by atoms with Gasteiger partial charge in [0, 0.05) is 28.0 Å². The fraction of sp³-hybridized carbons (Fsp3) is 0. The van der Waals surface area contributed by atoms with E-state index in [2.05, 4.69) is 15.0 Å². The number of rotatable bonds is 6. The van der Waals surface area contributed by atoms with Crippen LogP contribution in [0.15, 0.2) is 72.8 Å². The third-order valence-electron chi connectivity index (χ3n) is 4.36. The van der Waals surface area contributed by atoms with Crippen molar-refractivity contribution in [1.29, 1.82) is 0 Å². The van der Waals surface area contributed by atoms with E-state index in [4.69, 9.17) is 16.3 Å². The van der Waals surface area contributed by atoms with Gasteiger partial charge in [0.2, 0.25) is 5.88 Å². The molecule has 162 valence electrons. The molecule has 4 rings (SSSR count). The summed E-state index contributed by atoms with van der Waals surface area (Å²) >= 11 is 3.57. The number of carbonyl (C=O) groups is 1. The average molecular weight is 471 g/mol. The molecule has 10 heteroatoms. The van der Waals surface area contributed by atoms with Gasteiger partial charge in [0.1, 0.15) is 17.1 Å². The van der Waals surface area contributed by atoms with Crippen molar-refractivity contribution in [2.24, 2.45) is 0 Å². The number of hydrogen-bond acceptors (Lipinski definition) is 5. The number of ether oxygens (including phenoxy) is 1. The minimum Gasteiger partial charge on any atom is -0.755 e. The Hall–Kier alpha value is -3.53. The van der Waals surface area contributed by atoms with E-state index < -0.39 is 23.0 Å². The average Bonchev–Trinajstić information content (AvgIpc) is 2.75. The van der Waals surface area contributed by atoms with Crippen LogP contribution in [-0.4, -0.2) is 19.7 Å². The summed E-state index contributed by atoms with van der Waals surface area (Å²) < 4.78 is 43.1. The van der Waals surface area contributed by atoms with Crippen molar-refractivity contribution in [1.82, 2.24) is 4.98 Å². The van der Waals surface area contributed by atoms with Crippen molar-refractivity contribution in [2.75, 3.05) is 10.0 Å². The number of carbonyl (C=O) groups excluding carboxylic acids is 1. The summed E-state index contributed by atoms with van der Waals surface area (Å²) in [5.74, 6) is -0.963. The summed E-state index contributed by atoms with van der Waals surface area (Å²) in [6.45, 7) is 0. The molecule has 3 aromatic carbocycles. The molecular formula is C22H14ClFN3O4S-. The van der Waals surface area contributed by atoms with Gasteiger partial charge in [0.05, 0.1) is 10.5 Å². The van der Waals surface area contributed by atoms with Crippen LogP contribution in [0, 0.1) is 5.82 Å². The SMILES string of the molecule is O=C(Nc1cccc(NS(=O)[O-])c1)c1cc2ccccc2nc1Oc1ccc(F)cc1Cl. The molecule has 2 N–H and O–H groups in total. The highest BCUT2D eigenvalue weighted by Gasteiger charge is 2.18. The topological polar surface area (TPSA) is 103 Å². The van der Waals surface area contributed by atoms with E-state index >= 15 is 0 Å². The van der Waals surface area contributed by atoms with Crippen molar-refractivity contribution in [3.05, 3.63) is 89.2 Å². The molecule has 1 heterocycles. The first kappa shape index (κ1) is 21.7. The van der Waals surface area contributed by atoms with Crippen LogP contribution in [-0.2, 0) is 11.3 Å². The fourth-order valence-corrected chi connectivity index (χ4v) is 3.48. The molecule has 0 saturated carbocycles. The zero-order chi connectivity index (χ0) is 22.7. The van der Waals surface area contributed by atoms with E-state index in [0.29, 0.717) is 16.6 Å². The van der Waals surface area contributed by atoms with Crippen LogP contribution in [0.3, 0.4) is 0 Å². The number of pyridine rings is 1. The van der Waals surface area contributed by atoms with Gasteiger partial charge in [0.25, 0.3) is 5.91 Å². The molecule has 1 aromatic heterocycles. The second-order valence-electron chi connectivity index (χ2n) is 6.58. The Morgan fingerprint density at radius 1 is 1.03 bits per heavy atom. The van der Waals surface area contributed by atoms with Gasteiger partial charge in [-0.3, -0.25) is 9.00 Å². The highest BCUT2D eigenvalue weighted by Crippen LogP contribution is 2.32. The number of anilines is 2. The molecule has 0 bridgehead atoms. The summed E-state index contributed by atoms with van der Waals surface area (Å²) in [4.78, 5) is 17.5. The van der Waals surface area contributed by atoms with Gasteiger partial charge in [-0.15, -0.1) is 0 Å². The maximum Gasteiger partial charge on any atom is 0.261 e. The molecule has 0 aliphatic rings. The van der Waals surface area contributed by atoms with Crippen LogP contribution >= 0.6 is 11.6 Å². The summed E-state index contributed by atoms with van der Waals surface area (Å²) in [5, 5.41) is 3.42. The molecule has 7 nitrogen and oxygen atoms in total. The van der Waals surface area contributed by atoms with Crippen molar-refractivity contribution in [3.63, 3.8) is 0 Å². The number of nitrogens with one attached hydrogen (secondary N) is 2. The lowest BCUT2D eigenvalue weighted by atomic mass is 10.1. The first-order valence-corrected chi connectivity index (χ1v) is 10.6. The largest absolute Gasteiger partial charge is 0.755 e. The van der Waals surface area contributed by atoms with E-state index in [1.54, 1.807) is 42.5 Å². The molecule has 32 heavy (non-hydrogen) atoms. The van der Waals surface area contributed by atoms with E-state index in [1.807, 2.05) is 0 Å². The number of nitrogens with zero attached hydrogens (tertiary/aromatic N) is 1. The Morgan fingerprint density at radius 2 is 1.81 bits per heavy atom. The van der Waals surface area contributed by atoms with Crippen molar-refractivity contribution in [2.45, 2.75) is 0 Å². The molecule has 0 aliphatic carbocycles. The van der Waals surface area contributed by atoms with Crippen LogP contribution in [0.25, 0.3) is 10.9 Å². The predicted octanol–water partition coefficient (Wildman–Crippen LogP) is 5.28. The Kier molecular flexibility index (Phi) is 6.31. The molecule has 0 aliphatic heterocycles. The van der Waals surface area contributed by atoms with Crippen molar-refractivity contribution >= 4 is 51.1 Å². The maximum atomic E-state index is 13.4. The first-order valence-electron chi connectivity index (χ1n) is 9.19. The van der Waals surface area contributed by atoms with E-state index in [0.717, 1.165) is 6.07 Å². The number of halogens is 2. The number of para-hydroxylation sites is 1. The molecule has 0 saturated heterocycles. The second kappa shape index (κ2) is 9.31. The standard InChI is InChI=1S/C22H15ClFN3O4S/c23-18-11-14(24)8-9-20(18)31-22-17(10-13-4-1-2-7-19(13)26-22)21(28)25-15-5-3-6-16(12-15)27-32(29)30/h1-12,27H,(H,25,28)(H,29,30)/p-1. The number of amides is 1. The second-order valence-corrected chi connectivity index (χ2v) is 7.66. The van der Waals surface area contributed by atoms with Gasteiger partial charge >= 0.3 is 0 Å². The maximum absolute atomic E-state index is 13.4. The minimum atomic E-state index is -2.50. The molecule has 1 amide bonds. The molecule has 0 spiro atoms. The molecular weight excluding hydrogens is 457 g/mol.